The first-order valence-corrected chi connectivity index (χ1v) is 8.56. The van der Waals surface area contributed by atoms with E-state index in [1.165, 1.54) is 36.9 Å². The number of nitrogens with zero attached hydrogens (tertiary/aromatic N) is 3. The second-order valence-corrected chi connectivity index (χ2v) is 7.25. The Labute approximate surface area is 133 Å². The zero-order valence-electron chi connectivity index (χ0n) is 14.1. The van der Waals surface area contributed by atoms with Crippen molar-refractivity contribution < 1.29 is 4.79 Å². The number of amides is 1. The van der Waals surface area contributed by atoms with Gasteiger partial charge in [-0.1, -0.05) is 0 Å². The average Bonchev–Trinajstić information content (AvgIpc) is 3.17. The Hall–Kier alpha value is -1.36. The van der Waals surface area contributed by atoms with Crippen molar-refractivity contribution >= 4 is 5.91 Å². The Morgan fingerprint density at radius 2 is 1.91 bits per heavy atom. The lowest BCUT2D eigenvalue weighted by molar-refractivity contribution is -0.141. The Morgan fingerprint density at radius 3 is 2.64 bits per heavy atom. The minimum atomic E-state index is -0.415. The summed E-state index contributed by atoms with van der Waals surface area (Å²) in [5.74, 6) is 0.196. The van der Waals surface area contributed by atoms with Gasteiger partial charge in [0.1, 0.15) is 0 Å². The number of fused-ring (bicyclic) bond motifs is 1. The van der Waals surface area contributed by atoms with Crippen LogP contribution in [0.2, 0.25) is 0 Å². The largest absolute Gasteiger partial charge is 0.338 e. The fraction of sp³-hybridized carbons (Fsp3) is 0.765. The Bertz CT molecular complexity index is 543. The molecule has 1 amide bonds. The molecule has 0 radical (unpaired) electrons. The second kappa shape index (κ2) is 6.03. The van der Waals surface area contributed by atoms with Crippen LogP contribution in [0.5, 0.6) is 0 Å². The molecule has 0 unspecified atom stereocenters. The van der Waals surface area contributed by atoms with Gasteiger partial charge in [0, 0.05) is 12.7 Å². The molecule has 2 aliphatic rings. The lowest BCUT2D eigenvalue weighted by atomic mass is 9.95. The van der Waals surface area contributed by atoms with E-state index < -0.39 is 5.54 Å². The van der Waals surface area contributed by atoms with Crippen molar-refractivity contribution in [1.82, 2.24) is 20.0 Å². The molecule has 1 N–H and O–H groups in total. The summed E-state index contributed by atoms with van der Waals surface area (Å²) in [5.41, 5.74) is 3.27. The summed E-state index contributed by atoms with van der Waals surface area (Å²) >= 11 is 0. The van der Waals surface area contributed by atoms with Crippen molar-refractivity contribution in [2.75, 3.05) is 20.1 Å². The quantitative estimate of drug-likeness (QED) is 0.927. The molecular weight excluding hydrogens is 276 g/mol. The van der Waals surface area contributed by atoms with Crippen LogP contribution < -0.4 is 0 Å². The minimum Gasteiger partial charge on any atom is -0.338 e. The molecule has 1 aromatic heterocycles. The summed E-state index contributed by atoms with van der Waals surface area (Å²) in [6.45, 7) is 6.78. The highest BCUT2D eigenvalue weighted by Crippen LogP contribution is 2.26. The van der Waals surface area contributed by atoms with Crippen molar-refractivity contribution in [2.24, 2.45) is 0 Å². The molecule has 2 heterocycles. The zero-order valence-corrected chi connectivity index (χ0v) is 14.1. The van der Waals surface area contributed by atoms with E-state index in [0.29, 0.717) is 6.54 Å². The molecule has 5 nitrogen and oxygen atoms in total. The number of hydrogen-bond donors (Lipinski definition) is 1. The normalized spacial score (nSPS) is 19.2. The summed E-state index contributed by atoms with van der Waals surface area (Å²) in [4.78, 5) is 17.1. The van der Waals surface area contributed by atoms with Gasteiger partial charge in [-0.2, -0.15) is 5.10 Å². The average molecular weight is 304 g/mol. The van der Waals surface area contributed by atoms with Crippen molar-refractivity contribution in [1.29, 1.82) is 0 Å². The molecule has 1 aliphatic carbocycles. The van der Waals surface area contributed by atoms with Gasteiger partial charge in [-0.05, 0) is 71.0 Å². The van der Waals surface area contributed by atoms with Crippen molar-refractivity contribution in [3.05, 3.63) is 17.0 Å². The van der Waals surface area contributed by atoms with Gasteiger partial charge in [0.2, 0.25) is 5.91 Å². The number of carbonyl (C=O) groups is 1. The Morgan fingerprint density at radius 1 is 1.23 bits per heavy atom. The summed E-state index contributed by atoms with van der Waals surface area (Å²) in [6.07, 6.45) is 7.07. The molecule has 0 bridgehead atoms. The number of likely N-dealkylation sites (N-methyl/N-ethyl adjacent to an activating group) is 1. The van der Waals surface area contributed by atoms with E-state index in [1.807, 2.05) is 11.9 Å². The first-order chi connectivity index (χ1) is 10.5. The van der Waals surface area contributed by atoms with Gasteiger partial charge in [-0.25, -0.2) is 0 Å². The van der Waals surface area contributed by atoms with E-state index in [2.05, 4.69) is 28.9 Å². The number of aryl methyl sites for hydroxylation is 1. The van der Waals surface area contributed by atoms with Crippen LogP contribution >= 0.6 is 0 Å². The minimum absolute atomic E-state index is 0.196. The van der Waals surface area contributed by atoms with Crippen LogP contribution in [0, 0.1) is 0 Å². The molecule has 22 heavy (non-hydrogen) atoms. The summed E-state index contributed by atoms with van der Waals surface area (Å²) in [6, 6.07) is 0. The topological polar surface area (TPSA) is 52.2 Å². The molecule has 1 fully saturated rings. The Balaban J connectivity index is 1.69. The lowest BCUT2D eigenvalue weighted by Gasteiger charge is -2.37. The molecule has 0 aromatic carbocycles. The molecule has 1 saturated heterocycles. The monoisotopic (exact) mass is 304 g/mol. The van der Waals surface area contributed by atoms with Crippen LogP contribution in [-0.2, 0) is 24.2 Å². The lowest BCUT2D eigenvalue weighted by Crippen LogP contribution is -2.54. The van der Waals surface area contributed by atoms with Crippen LogP contribution in [0.4, 0.5) is 0 Å². The number of carbonyl (C=O) groups excluding carboxylic acids is 1. The van der Waals surface area contributed by atoms with E-state index in [9.17, 15) is 4.79 Å². The number of aromatic nitrogens is 2. The van der Waals surface area contributed by atoms with E-state index in [1.54, 1.807) is 0 Å². The zero-order chi connectivity index (χ0) is 15.7. The standard InChI is InChI=1S/C17H28N4O/c1-17(2,21-10-6-7-11-21)16(22)20(3)12-15-13-8-4-5-9-14(13)18-19-15/h4-12H2,1-3H3,(H,18,19). The third-order valence-electron chi connectivity index (χ3n) is 5.30. The first kappa shape index (κ1) is 15.5. The number of rotatable bonds is 4. The Kier molecular flexibility index (Phi) is 4.26. The molecule has 5 heteroatoms. The maximum Gasteiger partial charge on any atom is 0.242 e. The predicted molar refractivity (Wildman–Crippen MR) is 86.6 cm³/mol. The summed E-state index contributed by atoms with van der Waals surface area (Å²) < 4.78 is 0. The highest BCUT2D eigenvalue weighted by atomic mass is 16.2. The maximum atomic E-state index is 12.9. The van der Waals surface area contributed by atoms with Crippen molar-refractivity contribution in [2.45, 2.75) is 64.5 Å². The van der Waals surface area contributed by atoms with Gasteiger partial charge in [-0.3, -0.25) is 14.8 Å². The summed E-state index contributed by atoms with van der Waals surface area (Å²) in [5, 5.41) is 7.63. The molecule has 0 saturated carbocycles. The van der Waals surface area contributed by atoms with Gasteiger partial charge in [0.15, 0.2) is 0 Å². The smallest absolute Gasteiger partial charge is 0.242 e. The molecule has 122 valence electrons. The van der Waals surface area contributed by atoms with Crippen LogP contribution in [0.15, 0.2) is 0 Å². The predicted octanol–water partition coefficient (Wildman–Crippen LogP) is 2.12. The fourth-order valence-electron chi connectivity index (χ4n) is 3.86. The number of H-pyrrole nitrogens is 1. The second-order valence-electron chi connectivity index (χ2n) is 7.25. The molecule has 1 aliphatic heterocycles. The van der Waals surface area contributed by atoms with Gasteiger partial charge < -0.3 is 4.90 Å². The third kappa shape index (κ3) is 2.78. The maximum absolute atomic E-state index is 12.9. The van der Waals surface area contributed by atoms with E-state index in [0.717, 1.165) is 31.6 Å². The van der Waals surface area contributed by atoms with Crippen LogP contribution in [0.1, 0.15) is 56.5 Å². The van der Waals surface area contributed by atoms with Crippen LogP contribution in [0.25, 0.3) is 0 Å². The number of hydrogen-bond acceptors (Lipinski definition) is 3. The van der Waals surface area contributed by atoms with E-state index in [4.69, 9.17) is 0 Å². The first-order valence-electron chi connectivity index (χ1n) is 8.56. The highest BCUT2D eigenvalue weighted by Gasteiger charge is 2.38. The van der Waals surface area contributed by atoms with E-state index in [-0.39, 0.29) is 5.91 Å². The van der Waals surface area contributed by atoms with Gasteiger partial charge in [0.05, 0.1) is 17.8 Å². The van der Waals surface area contributed by atoms with Gasteiger partial charge >= 0.3 is 0 Å². The molecule has 1 aromatic rings. The molecule has 3 rings (SSSR count). The van der Waals surface area contributed by atoms with Crippen LogP contribution in [-0.4, -0.2) is 51.6 Å². The van der Waals surface area contributed by atoms with Crippen molar-refractivity contribution in [3.63, 3.8) is 0 Å². The fourth-order valence-corrected chi connectivity index (χ4v) is 3.86. The molecular formula is C17H28N4O. The van der Waals surface area contributed by atoms with Crippen LogP contribution in [0.3, 0.4) is 0 Å². The molecule has 0 atom stereocenters. The van der Waals surface area contributed by atoms with Crippen molar-refractivity contribution in [3.8, 4) is 0 Å². The van der Waals surface area contributed by atoms with E-state index >= 15 is 0 Å². The molecule has 0 spiro atoms. The number of nitrogens with one attached hydrogen (secondary N) is 1. The van der Waals surface area contributed by atoms with Gasteiger partial charge in [-0.15, -0.1) is 0 Å². The highest BCUT2D eigenvalue weighted by molar-refractivity contribution is 5.85. The third-order valence-corrected chi connectivity index (χ3v) is 5.30. The summed E-state index contributed by atoms with van der Waals surface area (Å²) in [7, 11) is 1.91. The number of aromatic amines is 1. The SMILES string of the molecule is CN(Cc1n[nH]c2c1CCCC2)C(=O)C(C)(C)N1CCCC1. The van der Waals surface area contributed by atoms with Gasteiger partial charge in [0.25, 0.3) is 0 Å². The number of likely N-dealkylation sites (tertiary alicyclic amines) is 1.